The molecule has 0 radical (unpaired) electrons. The minimum Gasteiger partial charge on any atom is -0.469 e. The maximum atomic E-state index is 9.59. The van der Waals surface area contributed by atoms with Crippen molar-refractivity contribution >= 4 is 5.97 Å². The summed E-state index contributed by atoms with van der Waals surface area (Å²) in [6.07, 6.45) is 5.54. The largest absolute Gasteiger partial charge is 0.469 e. The van der Waals surface area contributed by atoms with Crippen molar-refractivity contribution in [3.63, 3.8) is 0 Å². The lowest BCUT2D eigenvalue weighted by Gasteiger charge is -1.86. The lowest BCUT2D eigenvalue weighted by atomic mass is 10.2. The number of unbranched alkanes of at least 4 members (excludes halogenated alkanes) is 3. The van der Waals surface area contributed by atoms with Crippen LogP contribution >= 0.6 is 0 Å². The lowest BCUT2D eigenvalue weighted by molar-refractivity contribution is -0.137. The third kappa shape index (κ3) is 51.8. The Labute approximate surface area is 82.1 Å². The minimum absolute atomic E-state index is 0.245. The Morgan fingerprint density at radius 3 is 1.46 bits per heavy atom. The van der Waals surface area contributed by atoms with Crippen LogP contribution in [-0.4, -0.2) is 25.3 Å². The number of aliphatic hydroxyl groups excluding tert-OH is 1. The molecule has 0 fully saturated rings. The molecule has 0 aliphatic rings. The van der Waals surface area contributed by atoms with E-state index >= 15 is 0 Å². The van der Waals surface area contributed by atoms with E-state index in [2.05, 4.69) is 18.6 Å². The number of aliphatic hydroxyl groups is 1. The van der Waals surface area contributed by atoms with Gasteiger partial charge in [0.15, 0.2) is 0 Å². The van der Waals surface area contributed by atoms with Crippen LogP contribution in [0.5, 0.6) is 0 Å². The molecule has 0 bridgehead atoms. The van der Waals surface area contributed by atoms with Gasteiger partial charge in [0.05, 0.1) is 7.11 Å². The molecule has 0 aromatic carbocycles. The second-order valence-electron chi connectivity index (χ2n) is 2.40. The lowest BCUT2D eigenvalue weighted by Crippen LogP contribution is -1.88. The maximum Gasteiger partial charge on any atom is 0.302 e. The van der Waals surface area contributed by atoms with E-state index in [0.29, 0.717) is 0 Å². The van der Waals surface area contributed by atoms with Crippen LogP contribution in [-0.2, 0) is 9.53 Å². The van der Waals surface area contributed by atoms with Crippen molar-refractivity contribution in [2.45, 2.75) is 46.5 Å². The normalized spacial score (nSPS) is 7.23. The molecule has 0 atom stereocenters. The van der Waals surface area contributed by atoms with E-state index in [4.69, 9.17) is 5.11 Å². The molecule has 3 nitrogen and oxygen atoms in total. The third-order valence-electron chi connectivity index (χ3n) is 1.24. The van der Waals surface area contributed by atoms with Gasteiger partial charge < -0.3 is 9.84 Å². The fourth-order valence-corrected chi connectivity index (χ4v) is 0.500. The highest BCUT2D eigenvalue weighted by molar-refractivity contribution is 5.65. The summed E-state index contributed by atoms with van der Waals surface area (Å²) in [5.74, 6) is -0.245. The Kier molecular flexibility index (Phi) is 31.6. The average Bonchev–Trinajstić information content (AvgIpc) is 2.18. The summed E-state index contributed by atoms with van der Waals surface area (Å²) >= 11 is 0. The number of rotatable bonds is 3. The molecule has 0 amide bonds. The van der Waals surface area contributed by atoms with Crippen LogP contribution < -0.4 is 0 Å². The van der Waals surface area contributed by atoms with E-state index in [1.54, 1.807) is 0 Å². The molecule has 0 aromatic rings. The number of hydrogen-bond donors (Lipinski definition) is 1. The Balaban J connectivity index is -0.000000131. The molecule has 0 saturated heterocycles. The number of esters is 1. The molecule has 0 unspecified atom stereocenters. The Morgan fingerprint density at radius 1 is 1.15 bits per heavy atom. The molecule has 0 heterocycles. The van der Waals surface area contributed by atoms with E-state index in [1.807, 2.05) is 0 Å². The molecule has 0 aliphatic heterocycles. The smallest absolute Gasteiger partial charge is 0.302 e. The van der Waals surface area contributed by atoms with Crippen molar-refractivity contribution in [1.82, 2.24) is 0 Å². The van der Waals surface area contributed by atoms with E-state index in [-0.39, 0.29) is 5.97 Å². The summed E-state index contributed by atoms with van der Waals surface area (Å²) in [4.78, 5) is 9.59. The number of methoxy groups -OCH3 is 1. The molecule has 1 N–H and O–H groups in total. The van der Waals surface area contributed by atoms with Gasteiger partial charge in [0.25, 0.3) is 0 Å². The van der Waals surface area contributed by atoms with Gasteiger partial charge in [-0.3, -0.25) is 4.79 Å². The maximum absolute atomic E-state index is 9.59. The highest BCUT2D eigenvalue weighted by atomic mass is 16.5. The topological polar surface area (TPSA) is 46.5 Å². The van der Waals surface area contributed by atoms with Gasteiger partial charge in [0, 0.05) is 14.0 Å². The predicted octanol–water partition coefficient (Wildman–Crippen LogP) is 2.37. The Bertz CT molecular complexity index is 78.2. The second kappa shape index (κ2) is 22.5. The van der Waals surface area contributed by atoms with E-state index in [1.165, 1.54) is 39.7 Å². The summed E-state index contributed by atoms with van der Waals surface area (Å²) in [7, 11) is 2.35. The average molecular weight is 192 g/mol. The summed E-state index contributed by atoms with van der Waals surface area (Å²) in [5.41, 5.74) is 0. The van der Waals surface area contributed by atoms with Crippen LogP contribution in [0, 0.1) is 0 Å². The van der Waals surface area contributed by atoms with Crippen molar-refractivity contribution in [3.05, 3.63) is 0 Å². The van der Waals surface area contributed by atoms with Gasteiger partial charge in [0.2, 0.25) is 0 Å². The van der Waals surface area contributed by atoms with Crippen molar-refractivity contribution in [3.8, 4) is 0 Å². The molecule has 0 aromatic heterocycles. The molecule has 0 aliphatic carbocycles. The number of carbonyl (C=O) groups is 1. The van der Waals surface area contributed by atoms with Crippen molar-refractivity contribution in [2.75, 3.05) is 14.2 Å². The van der Waals surface area contributed by atoms with E-state index in [9.17, 15) is 4.79 Å². The molecule has 13 heavy (non-hydrogen) atoms. The summed E-state index contributed by atoms with van der Waals surface area (Å²) < 4.78 is 4.11. The summed E-state index contributed by atoms with van der Waals surface area (Å²) in [5, 5.41) is 7.00. The van der Waals surface area contributed by atoms with Gasteiger partial charge in [0.1, 0.15) is 0 Å². The monoisotopic (exact) mass is 192 g/mol. The quantitative estimate of drug-likeness (QED) is 0.551. The van der Waals surface area contributed by atoms with Crippen molar-refractivity contribution in [1.29, 1.82) is 0 Å². The van der Waals surface area contributed by atoms with Gasteiger partial charge in [-0.05, 0) is 0 Å². The third-order valence-corrected chi connectivity index (χ3v) is 1.24. The molecule has 82 valence electrons. The summed E-state index contributed by atoms with van der Waals surface area (Å²) in [6, 6.07) is 0. The first-order valence-corrected chi connectivity index (χ1v) is 4.68. The van der Waals surface area contributed by atoms with Gasteiger partial charge in [-0.2, -0.15) is 0 Å². The highest BCUT2D eigenvalue weighted by Gasteiger charge is 1.76. The van der Waals surface area contributed by atoms with Gasteiger partial charge in [-0.1, -0.05) is 39.5 Å². The Hall–Kier alpha value is -0.570. The van der Waals surface area contributed by atoms with E-state index < -0.39 is 0 Å². The SMILES string of the molecule is CCCCCC.CO.COC(C)=O. The van der Waals surface area contributed by atoms with Crippen LogP contribution in [0.15, 0.2) is 0 Å². The minimum atomic E-state index is -0.245. The van der Waals surface area contributed by atoms with Crippen LogP contribution in [0.25, 0.3) is 0 Å². The number of hydrogen-bond acceptors (Lipinski definition) is 3. The molecular weight excluding hydrogens is 168 g/mol. The fourth-order valence-electron chi connectivity index (χ4n) is 0.500. The van der Waals surface area contributed by atoms with Gasteiger partial charge in [-0.25, -0.2) is 0 Å². The van der Waals surface area contributed by atoms with Crippen molar-refractivity contribution in [2.24, 2.45) is 0 Å². The second-order valence-corrected chi connectivity index (χ2v) is 2.40. The van der Waals surface area contributed by atoms with Crippen molar-refractivity contribution < 1.29 is 14.6 Å². The molecule has 0 saturated carbocycles. The summed E-state index contributed by atoms with van der Waals surface area (Å²) in [6.45, 7) is 5.82. The van der Waals surface area contributed by atoms with Crippen LogP contribution in [0.3, 0.4) is 0 Å². The van der Waals surface area contributed by atoms with Crippen LogP contribution in [0.1, 0.15) is 46.5 Å². The number of ether oxygens (including phenoxy) is 1. The molecular formula is C10H24O3. The first kappa shape index (κ1) is 18.3. The fraction of sp³-hybridized carbons (Fsp3) is 0.900. The van der Waals surface area contributed by atoms with Gasteiger partial charge in [-0.15, -0.1) is 0 Å². The van der Waals surface area contributed by atoms with Crippen LogP contribution in [0.4, 0.5) is 0 Å². The standard InChI is InChI=1S/C6H14.C3H6O2.CH4O/c1-3-5-6-4-2;1-3(4)5-2;1-2/h3-6H2,1-2H3;1-2H3;2H,1H3. The van der Waals surface area contributed by atoms with E-state index in [0.717, 1.165) is 7.11 Å². The van der Waals surface area contributed by atoms with Gasteiger partial charge >= 0.3 is 5.97 Å². The first-order valence-electron chi connectivity index (χ1n) is 4.68. The first-order chi connectivity index (χ1) is 6.18. The highest BCUT2D eigenvalue weighted by Crippen LogP contribution is 1.95. The Morgan fingerprint density at radius 2 is 1.38 bits per heavy atom. The predicted molar refractivity (Wildman–Crippen MR) is 55.6 cm³/mol. The van der Waals surface area contributed by atoms with Crippen LogP contribution in [0.2, 0.25) is 0 Å². The molecule has 3 heteroatoms. The number of carbonyl (C=O) groups excluding carboxylic acids is 1. The zero-order valence-electron chi connectivity index (χ0n) is 9.59. The molecule has 0 spiro atoms. The zero-order chi connectivity index (χ0) is 11.1. The molecule has 0 rings (SSSR count). The zero-order valence-corrected chi connectivity index (χ0v) is 9.59.